The Balaban J connectivity index is 2.48. The molecule has 1 atom stereocenters. The van der Waals surface area contributed by atoms with Gasteiger partial charge in [0.15, 0.2) is 0 Å². The number of unbranched alkanes of at least 4 members (excludes halogenated alkanes) is 1. The van der Waals surface area contributed by atoms with Crippen molar-refractivity contribution in [1.29, 1.82) is 0 Å². The van der Waals surface area contributed by atoms with Gasteiger partial charge in [0.25, 0.3) is 0 Å². The first-order valence-corrected chi connectivity index (χ1v) is 9.65. The summed E-state index contributed by atoms with van der Waals surface area (Å²) >= 11 is 24.0. The number of carboxylic acids is 1. The normalized spacial score (nSPS) is 11.9. The minimum atomic E-state index is -1.46. The van der Waals surface area contributed by atoms with E-state index >= 15 is 0 Å². The smallest absolute Gasteiger partial charge is 0.341 e. The van der Waals surface area contributed by atoms with Crippen LogP contribution in [0.25, 0.3) is 0 Å². The zero-order chi connectivity index (χ0) is 20.1. The number of benzene rings is 2. The molecule has 8 heteroatoms. The summed E-state index contributed by atoms with van der Waals surface area (Å²) in [5.74, 6) is -2.39. The van der Waals surface area contributed by atoms with Crippen LogP contribution in [-0.4, -0.2) is 17.0 Å². The van der Waals surface area contributed by atoms with Gasteiger partial charge >= 0.3 is 11.9 Å². The lowest BCUT2D eigenvalue weighted by molar-refractivity contribution is 0.0266. The molecule has 0 radical (unpaired) electrons. The van der Waals surface area contributed by atoms with E-state index < -0.39 is 29.2 Å². The van der Waals surface area contributed by atoms with Crippen LogP contribution >= 0.6 is 46.4 Å². The molecule has 27 heavy (non-hydrogen) atoms. The highest BCUT2D eigenvalue weighted by Crippen LogP contribution is 2.42. The first kappa shape index (κ1) is 21.8. The zero-order valence-electron chi connectivity index (χ0n) is 14.3. The summed E-state index contributed by atoms with van der Waals surface area (Å²) in [6.45, 7) is 2.02. The number of hydrogen-bond acceptors (Lipinski definition) is 3. The maximum absolute atomic E-state index is 12.8. The van der Waals surface area contributed by atoms with Crippen LogP contribution in [0.1, 0.15) is 58.6 Å². The fraction of sp³-hybridized carbons (Fsp3) is 0.263. The second-order valence-electron chi connectivity index (χ2n) is 5.76. The topological polar surface area (TPSA) is 63.6 Å². The van der Waals surface area contributed by atoms with E-state index in [0.29, 0.717) is 6.42 Å². The molecule has 0 aliphatic heterocycles. The first-order chi connectivity index (χ1) is 12.8. The van der Waals surface area contributed by atoms with Crippen LogP contribution in [0.15, 0.2) is 30.3 Å². The maximum Gasteiger partial charge on any atom is 0.341 e. The predicted octanol–water partition coefficient (Wildman–Crippen LogP) is 7.09. The molecular formula is C19H16Cl4O4. The molecule has 4 nitrogen and oxygen atoms in total. The van der Waals surface area contributed by atoms with E-state index in [1.807, 2.05) is 37.3 Å². The van der Waals surface area contributed by atoms with E-state index in [1.54, 1.807) is 0 Å². The summed E-state index contributed by atoms with van der Waals surface area (Å²) in [5.41, 5.74) is -0.164. The second kappa shape index (κ2) is 9.65. The second-order valence-corrected chi connectivity index (χ2v) is 7.27. The quantitative estimate of drug-likeness (QED) is 0.278. The monoisotopic (exact) mass is 448 g/mol. The van der Waals surface area contributed by atoms with Crippen LogP contribution in [0.5, 0.6) is 0 Å². The summed E-state index contributed by atoms with van der Waals surface area (Å²) in [6, 6.07) is 9.16. The Morgan fingerprint density at radius 1 is 0.963 bits per heavy atom. The number of ether oxygens (including phenoxy) is 1. The lowest BCUT2D eigenvalue weighted by Gasteiger charge is -2.20. The third-order valence-corrected chi connectivity index (χ3v) is 5.73. The predicted molar refractivity (Wildman–Crippen MR) is 108 cm³/mol. The van der Waals surface area contributed by atoms with Crippen molar-refractivity contribution < 1.29 is 19.4 Å². The standard InChI is InChI=1S/C19H16Cl4O4/c1-2-3-9-11(10-7-5-4-6-8-10)27-19(26)13-12(18(24)25)14(20)16(22)17(23)15(13)21/h4-8,11H,2-3,9H2,1H3,(H,24,25). The Kier molecular flexibility index (Phi) is 7.80. The average Bonchev–Trinajstić information content (AvgIpc) is 2.66. The summed E-state index contributed by atoms with van der Waals surface area (Å²) in [5, 5.41) is 8.36. The number of hydrogen-bond donors (Lipinski definition) is 1. The van der Waals surface area contributed by atoms with Crippen molar-refractivity contribution in [2.75, 3.05) is 0 Å². The number of carbonyl (C=O) groups excluding carboxylic acids is 1. The van der Waals surface area contributed by atoms with Gasteiger partial charge in [-0.2, -0.15) is 0 Å². The van der Waals surface area contributed by atoms with Gasteiger partial charge in [0.2, 0.25) is 0 Å². The number of aromatic carboxylic acids is 1. The molecule has 2 rings (SSSR count). The number of carboxylic acid groups (broad SMARTS) is 1. The number of esters is 1. The lowest BCUT2D eigenvalue weighted by atomic mass is 10.0. The maximum atomic E-state index is 12.8. The summed E-state index contributed by atoms with van der Waals surface area (Å²) in [6.07, 6.45) is 1.72. The molecule has 0 aliphatic rings. The zero-order valence-corrected chi connectivity index (χ0v) is 17.3. The molecule has 0 spiro atoms. The van der Waals surface area contributed by atoms with Gasteiger partial charge in [-0.15, -0.1) is 0 Å². The van der Waals surface area contributed by atoms with Gasteiger partial charge in [0, 0.05) is 0 Å². The van der Waals surface area contributed by atoms with Crippen molar-refractivity contribution in [3.8, 4) is 0 Å². The van der Waals surface area contributed by atoms with Gasteiger partial charge in [0.05, 0.1) is 31.2 Å². The van der Waals surface area contributed by atoms with Gasteiger partial charge in [-0.25, -0.2) is 9.59 Å². The number of halogens is 4. The molecule has 0 amide bonds. The molecule has 0 saturated heterocycles. The van der Waals surface area contributed by atoms with Crippen LogP contribution in [0.4, 0.5) is 0 Å². The minimum Gasteiger partial charge on any atom is -0.478 e. The van der Waals surface area contributed by atoms with E-state index in [2.05, 4.69) is 0 Å². The third kappa shape index (κ3) is 4.88. The molecule has 0 fully saturated rings. The molecule has 0 bridgehead atoms. The van der Waals surface area contributed by atoms with Gasteiger partial charge in [-0.3, -0.25) is 0 Å². The Labute approximate surface area is 176 Å². The van der Waals surface area contributed by atoms with Crippen LogP contribution < -0.4 is 0 Å². The highest BCUT2D eigenvalue weighted by Gasteiger charge is 2.31. The van der Waals surface area contributed by atoms with Gasteiger partial charge < -0.3 is 9.84 Å². The molecule has 0 saturated carbocycles. The van der Waals surface area contributed by atoms with Crippen molar-refractivity contribution >= 4 is 58.3 Å². The van der Waals surface area contributed by atoms with Crippen LogP contribution in [0.2, 0.25) is 20.1 Å². The first-order valence-electron chi connectivity index (χ1n) is 8.14. The molecule has 0 heterocycles. The number of carbonyl (C=O) groups is 2. The van der Waals surface area contributed by atoms with E-state index in [9.17, 15) is 14.7 Å². The summed E-state index contributed by atoms with van der Waals surface area (Å²) in [4.78, 5) is 24.5. The molecule has 0 aliphatic carbocycles. The number of rotatable bonds is 7. The van der Waals surface area contributed by atoms with E-state index in [0.717, 1.165) is 18.4 Å². The average molecular weight is 450 g/mol. The van der Waals surface area contributed by atoms with Gasteiger partial charge in [-0.1, -0.05) is 90.1 Å². The Bertz CT molecular complexity index is 853. The van der Waals surface area contributed by atoms with Crippen LogP contribution in [0.3, 0.4) is 0 Å². The molecule has 1 unspecified atom stereocenters. The van der Waals surface area contributed by atoms with Gasteiger partial charge in [-0.05, 0) is 18.4 Å². The van der Waals surface area contributed by atoms with Crippen molar-refractivity contribution in [2.45, 2.75) is 32.3 Å². The summed E-state index contributed by atoms with van der Waals surface area (Å²) < 4.78 is 5.60. The highest BCUT2D eigenvalue weighted by atomic mass is 35.5. The molecule has 2 aromatic carbocycles. The van der Waals surface area contributed by atoms with E-state index in [-0.39, 0.29) is 20.1 Å². The highest BCUT2D eigenvalue weighted by molar-refractivity contribution is 6.54. The lowest BCUT2D eigenvalue weighted by Crippen LogP contribution is -2.17. The third-order valence-electron chi connectivity index (χ3n) is 3.93. The molecular weight excluding hydrogens is 434 g/mol. The Morgan fingerprint density at radius 2 is 1.52 bits per heavy atom. The minimum absolute atomic E-state index is 0.204. The fourth-order valence-electron chi connectivity index (χ4n) is 2.56. The molecule has 1 N–H and O–H groups in total. The van der Waals surface area contributed by atoms with Gasteiger partial charge in [0.1, 0.15) is 6.10 Å². The molecule has 2 aromatic rings. The van der Waals surface area contributed by atoms with Crippen molar-refractivity contribution in [3.63, 3.8) is 0 Å². The van der Waals surface area contributed by atoms with Crippen molar-refractivity contribution in [3.05, 3.63) is 67.1 Å². The SMILES string of the molecule is CCCCC(OC(=O)c1c(Cl)c(Cl)c(Cl)c(Cl)c1C(=O)O)c1ccccc1. The van der Waals surface area contributed by atoms with Crippen molar-refractivity contribution in [2.24, 2.45) is 0 Å². The molecule has 144 valence electrons. The van der Waals surface area contributed by atoms with Crippen molar-refractivity contribution in [1.82, 2.24) is 0 Å². The summed E-state index contributed by atoms with van der Waals surface area (Å²) in [7, 11) is 0. The molecule has 0 aromatic heterocycles. The van der Waals surface area contributed by atoms with E-state index in [4.69, 9.17) is 51.1 Å². The Hall–Kier alpha value is -1.46. The fourth-order valence-corrected chi connectivity index (χ4v) is 3.57. The van der Waals surface area contributed by atoms with Crippen LogP contribution in [0, 0.1) is 0 Å². The largest absolute Gasteiger partial charge is 0.478 e. The Morgan fingerprint density at radius 3 is 2.04 bits per heavy atom. The van der Waals surface area contributed by atoms with Crippen LogP contribution in [-0.2, 0) is 4.74 Å². The van der Waals surface area contributed by atoms with E-state index in [1.165, 1.54) is 0 Å².